The summed E-state index contributed by atoms with van der Waals surface area (Å²) in [4.78, 5) is 7.56. The third-order valence-electron chi connectivity index (χ3n) is 1.81. The molecule has 0 aromatic carbocycles. The fraction of sp³-hybridized carbons (Fsp3) is 0.500. The van der Waals surface area contributed by atoms with Crippen LogP contribution in [-0.4, -0.2) is 40.9 Å². The van der Waals surface area contributed by atoms with E-state index in [4.69, 9.17) is 16.7 Å². The summed E-state index contributed by atoms with van der Waals surface area (Å²) < 4.78 is 36.1. The molecule has 1 rings (SSSR count). The standard InChI is InChI=1S/C8H10ClF3N4O/c1-13-7-15-2-4(9)6(16-7)14-3-5(17)8(10,11)12/h2,5,17H,3H2,1H3,(H2,13,14,15,16). The van der Waals surface area contributed by atoms with Gasteiger partial charge in [-0.25, -0.2) is 4.98 Å². The van der Waals surface area contributed by atoms with Gasteiger partial charge in [-0.05, 0) is 0 Å². The average Bonchev–Trinajstić information content (AvgIpc) is 2.26. The van der Waals surface area contributed by atoms with E-state index in [9.17, 15) is 13.2 Å². The minimum absolute atomic E-state index is 0.0225. The molecule has 1 atom stereocenters. The van der Waals surface area contributed by atoms with E-state index in [0.717, 1.165) is 0 Å². The van der Waals surface area contributed by atoms with Crippen LogP contribution in [-0.2, 0) is 0 Å². The van der Waals surface area contributed by atoms with E-state index in [1.54, 1.807) is 7.05 Å². The van der Waals surface area contributed by atoms with Gasteiger partial charge in [-0.15, -0.1) is 0 Å². The van der Waals surface area contributed by atoms with Gasteiger partial charge in [0.25, 0.3) is 0 Å². The van der Waals surface area contributed by atoms with Crippen LogP contribution >= 0.6 is 11.6 Å². The number of nitrogens with zero attached hydrogens (tertiary/aromatic N) is 2. The molecule has 0 radical (unpaired) electrons. The zero-order valence-electron chi connectivity index (χ0n) is 8.72. The molecule has 0 bridgehead atoms. The predicted molar refractivity (Wildman–Crippen MR) is 57.1 cm³/mol. The fourth-order valence-electron chi connectivity index (χ4n) is 0.921. The number of hydrogen-bond donors (Lipinski definition) is 3. The number of nitrogens with one attached hydrogen (secondary N) is 2. The summed E-state index contributed by atoms with van der Waals surface area (Å²) in [7, 11) is 1.55. The third-order valence-corrected chi connectivity index (χ3v) is 2.09. The lowest BCUT2D eigenvalue weighted by Gasteiger charge is -2.16. The van der Waals surface area contributed by atoms with Crippen LogP contribution in [0, 0.1) is 0 Å². The zero-order chi connectivity index (χ0) is 13.1. The lowest BCUT2D eigenvalue weighted by molar-refractivity contribution is -0.198. The van der Waals surface area contributed by atoms with E-state index in [0.29, 0.717) is 0 Å². The van der Waals surface area contributed by atoms with Crippen molar-refractivity contribution in [2.24, 2.45) is 0 Å². The maximum atomic E-state index is 12.0. The molecule has 1 heterocycles. The first-order valence-corrected chi connectivity index (χ1v) is 4.91. The van der Waals surface area contributed by atoms with Crippen molar-refractivity contribution in [2.75, 3.05) is 24.2 Å². The topological polar surface area (TPSA) is 70.1 Å². The number of rotatable bonds is 4. The van der Waals surface area contributed by atoms with E-state index in [1.165, 1.54) is 6.20 Å². The van der Waals surface area contributed by atoms with Crippen molar-refractivity contribution in [2.45, 2.75) is 12.3 Å². The van der Waals surface area contributed by atoms with Crippen LogP contribution < -0.4 is 10.6 Å². The van der Waals surface area contributed by atoms with Crippen molar-refractivity contribution in [3.05, 3.63) is 11.2 Å². The lowest BCUT2D eigenvalue weighted by atomic mass is 10.3. The molecule has 0 aliphatic heterocycles. The van der Waals surface area contributed by atoms with Crippen LogP contribution in [0.4, 0.5) is 24.9 Å². The smallest absolute Gasteiger partial charge is 0.382 e. The Labute approximate surface area is 100 Å². The Kier molecular flexibility index (Phi) is 4.35. The van der Waals surface area contributed by atoms with Gasteiger partial charge in [0.05, 0.1) is 12.7 Å². The first-order valence-electron chi connectivity index (χ1n) is 4.53. The molecule has 9 heteroatoms. The minimum Gasteiger partial charge on any atom is -0.382 e. The van der Waals surface area contributed by atoms with Crippen LogP contribution in [0.2, 0.25) is 5.02 Å². The first-order chi connectivity index (χ1) is 7.84. The van der Waals surface area contributed by atoms with Gasteiger partial charge in [0.1, 0.15) is 5.02 Å². The summed E-state index contributed by atoms with van der Waals surface area (Å²) in [5, 5.41) is 13.8. The molecule has 0 aliphatic carbocycles. The Hall–Kier alpha value is -1.28. The van der Waals surface area contributed by atoms with Crippen molar-refractivity contribution < 1.29 is 18.3 Å². The molecule has 17 heavy (non-hydrogen) atoms. The highest BCUT2D eigenvalue weighted by Crippen LogP contribution is 2.22. The van der Waals surface area contributed by atoms with E-state index >= 15 is 0 Å². The fourth-order valence-corrected chi connectivity index (χ4v) is 1.08. The molecular formula is C8H10ClF3N4O. The molecule has 0 saturated carbocycles. The molecular weight excluding hydrogens is 261 g/mol. The van der Waals surface area contributed by atoms with Gasteiger partial charge in [0, 0.05) is 7.05 Å². The summed E-state index contributed by atoms with van der Waals surface area (Å²) in [5.41, 5.74) is 0. The maximum absolute atomic E-state index is 12.0. The molecule has 0 saturated heterocycles. The van der Waals surface area contributed by atoms with Crippen molar-refractivity contribution >= 4 is 23.4 Å². The molecule has 3 N–H and O–H groups in total. The Balaban J connectivity index is 2.69. The Morgan fingerprint density at radius 2 is 2.18 bits per heavy atom. The molecule has 1 aromatic rings. The second-order valence-corrected chi connectivity index (χ2v) is 3.49. The van der Waals surface area contributed by atoms with E-state index in [1.807, 2.05) is 0 Å². The summed E-state index contributed by atoms with van der Waals surface area (Å²) in [6.45, 7) is -0.733. The van der Waals surface area contributed by atoms with Gasteiger partial charge in [0.15, 0.2) is 11.9 Å². The first kappa shape index (κ1) is 13.8. The van der Waals surface area contributed by atoms with Crippen molar-refractivity contribution in [3.63, 3.8) is 0 Å². The molecule has 96 valence electrons. The lowest BCUT2D eigenvalue weighted by Crippen LogP contribution is -2.35. The second kappa shape index (κ2) is 5.37. The predicted octanol–water partition coefficient (Wildman–Crippen LogP) is 1.51. The van der Waals surface area contributed by atoms with Gasteiger partial charge in [-0.2, -0.15) is 18.2 Å². The molecule has 0 amide bonds. The maximum Gasteiger partial charge on any atom is 0.416 e. The number of hydrogen-bond acceptors (Lipinski definition) is 5. The van der Waals surface area contributed by atoms with Gasteiger partial charge >= 0.3 is 6.18 Å². The van der Waals surface area contributed by atoms with Crippen LogP contribution in [0.25, 0.3) is 0 Å². The van der Waals surface area contributed by atoms with Crippen molar-refractivity contribution in [3.8, 4) is 0 Å². The Morgan fingerprint density at radius 1 is 1.53 bits per heavy atom. The quantitative estimate of drug-likeness (QED) is 0.774. The molecule has 0 fully saturated rings. The molecule has 1 unspecified atom stereocenters. The summed E-state index contributed by atoms with van der Waals surface area (Å²) >= 11 is 5.67. The van der Waals surface area contributed by atoms with Crippen LogP contribution in [0.15, 0.2) is 6.20 Å². The highest BCUT2D eigenvalue weighted by atomic mass is 35.5. The van der Waals surface area contributed by atoms with E-state index < -0.39 is 18.8 Å². The molecule has 0 aliphatic rings. The number of aliphatic hydroxyl groups is 1. The molecule has 1 aromatic heterocycles. The highest BCUT2D eigenvalue weighted by Gasteiger charge is 2.37. The van der Waals surface area contributed by atoms with Crippen LogP contribution in [0.1, 0.15) is 0 Å². The Morgan fingerprint density at radius 3 is 2.71 bits per heavy atom. The largest absolute Gasteiger partial charge is 0.416 e. The van der Waals surface area contributed by atoms with Gasteiger partial charge in [-0.1, -0.05) is 11.6 Å². The number of alkyl halides is 3. The highest BCUT2D eigenvalue weighted by molar-refractivity contribution is 6.32. The van der Waals surface area contributed by atoms with Crippen LogP contribution in [0.3, 0.4) is 0 Å². The summed E-state index contributed by atoms with van der Waals surface area (Å²) in [6.07, 6.45) is -5.92. The van der Waals surface area contributed by atoms with Crippen molar-refractivity contribution in [1.29, 1.82) is 0 Å². The summed E-state index contributed by atoms with van der Waals surface area (Å²) in [5.74, 6) is 0.229. The number of halogens is 4. The monoisotopic (exact) mass is 270 g/mol. The minimum atomic E-state index is -4.68. The summed E-state index contributed by atoms with van der Waals surface area (Å²) in [6, 6.07) is 0. The van der Waals surface area contributed by atoms with Gasteiger partial charge in [-0.3, -0.25) is 0 Å². The van der Waals surface area contributed by atoms with E-state index in [-0.39, 0.29) is 16.8 Å². The molecule has 0 spiro atoms. The van der Waals surface area contributed by atoms with E-state index in [2.05, 4.69) is 20.6 Å². The number of aromatic nitrogens is 2. The number of aliphatic hydroxyl groups excluding tert-OH is 1. The zero-order valence-corrected chi connectivity index (χ0v) is 9.47. The Bertz CT molecular complexity index is 388. The average molecular weight is 271 g/mol. The third kappa shape index (κ3) is 3.90. The second-order valence-electron chi connectivity index (χ2n) is 3.08. The van der Waals surface area contributed by atoms with Crippen molar-refractivity contribution in [1.82, 2.24) is 9.97 Å². The van der Waals surface area contributed by atoms with Gasteiger partial charge < -0.3 is 15.7 Å². The SMILES string of the molecule is CNc1ncc(Cl)c(NCC(O)C(F)(F)F)n1. The molecule has 5 nitrogen and oxygen atoms in total. The van der Waals surface area contributed by atoms with Crippen LogP contribution in [0.5, 0.6) is 0 Å². The number of anilines is 2. The normalized spacial score (nSPS) is 13.3. The van der Waals surface area contributed by atoms with Gasteiger partial charge in [0.2, 0.25) is 5.95 Å².